The molecular weight excluding hydrogens is 210 g/mol. The zero-order chi connectivity index (χ0) is 12.8. The van der Waals surface area contributed by atoms with Gasteiger partial charge in [-0.2, -0.15) is 0 Å². The van der Waals surface area contributed by atoms with Crippen molar-refractivity contribution in [2.75, 3.05) is 19.8 Å². The summed E-state index contributed by atoms with van der Waals surface area (Å²) < 4.78 is 5.33. The molecule has 1 rings (SSSR count). The van der Waals surface area contributed by atoms with Crippen molar-refractivity contribution in [1.29, 1.82) is 0 Å². The minimum atomic E-state index is 0.384. The largest absolute Gasteiger partial charge is 0.380 e. The Labute approximate surface area is 105 Å². The van der Waals surface area contributed by atoms with Crippen molar-refractivity contribution in [3.05, 3.63) is 34.4 Å². The molecule has 0 saturated heterocycles. The van der Waals surface area contributed by atoms with Gasteiger partial charge in [-0.1, -0.05) is 12.1 Å². The van der Waals surface area contributed by atoms with Crippen LogP contribution in [0.15, 0.2) is 12.1 Å². The molecule has 0 radical (unpaired) electrons. The van der Waals surface area contributed by atoms with Gasteiger partial charge in [0.05, 0.1) is 6.61 Å². The van der Waals surface area contributed by atoms with Gasteiger partial charge in [-0.05, 0) is 56.9 Å². The van der Waals surface area contributed by atoms with Crippen LogP contribution in [0.3, 0.4) is 0 Å². The summed E-state index contributed by atoms with van der Waals surface area (Å²) in [7, 11) is 0. The second-order valence-corrected chi connectivity index (χ2v) is 4.67. The summed E-state index contributed by atoms with van der Waals surface area (Å²) in [6.45, 7) is 13.2. The molecule has 0 aliphatic rings. The highest BCUT2D eigenvalue weighted by Gasteiger charge is 2.09. The molecule has 0 aliphatic heterocycles. The van der Waals surface area contributed by atoms with E-state index in [4.69, 9.17) is 4.74 Å². The molecule has 1 N–H and O–H groups in total. The van der Waals surface area contributed by atoms with Crippen LogP contribution < -0.4 is 5.32 Å². The van der Waals surface area contributed by atoms with Gasteiger partial charge < -0.3 is 10.1 Å². The van der Waals surface area contributed by atoms with Gasteiger partial charge in [0.1, 0.15) is 0 Å². The highest BCUT2D eigenvalue weighted by molar-refractivity contribution is 5.37. The second kappa shape index (κ2) is 6.77. The van der Waals surface area contributed by atoms with Crippen LogP contribution in [0.25, 0.3) is 0 Å². The van der Waals surface area contributed by atoms with Crippen LogP contribution in [0, 0.1) is 20.8 Å². The molecule has 1 unspecified atom stereocenters. The van der Waals surface area contributed by atoms with Gasteiger partial charge in [0.15, 0.2) is 0 Å². The first kappa shape index (κ1) is 14.2. The van der Waals surface area contributed by atoms with E-state index in [9.17, 15) is 0 Å². The lowest BCUT2D eigenvalue weighted by molar-refractivity contribution is 0.147. The molecule has 0 spiro atoms. The van der Waals surface area contributed by atoms with E-state index < -0.39 is 0 Å². The number of nitrogens with one attached hydrogen (secondary N) is 1. The standard InChI is InChI=1S/C15H25NO/c1-6-17-8-7-16-14(5)15-10-12(3)11(2)9-13(15)4/h9-10,14,16H,6-8H2,1-5H3. The first-order chi connectivity index (χ1) is 8.06. The number of benzene rings is 1. The first-order valence-corrected chi connectivity index (χ1v) is 6.45. The van der Waals surface area contributed by atoms with Crippen molar-refractivity contribution in [2.45, 2.75) is 40.7 Å². The lowest BCUT2D eigenvalue weighted by Gasteiger charge is -2.18. The predicted molar refractivity (Wildman–Crippen MR) is 73.6 cm³/mol. The number of hydrogen-bond donors (Lipinski definition) is 1. The van der Waals surface area contributed by atoms with Crippen LogP contribution in [0.1, 0.15) is 42.1 Å². The van der Waals surface area contributed by atoms with E-state index in [1.807, 2.05) is 6.92 Å². The van der Waals surface area contributed by atoms with Crippen molar-refractivity contribution < 1.29 is 4.74 Å². The lowest BCUT2D eigenvalue weighted by atomic mass is 9.96. The number of rotatable bonds is 6. The fraction of sp³-hybridized carbons (Fsp3) is 0.600. The highest BCUT2D eigenvalue weighted by atomic mass is 16.5. The van der Waals surface area contributed by atoms with Crippen LogP contribution >= 0.6 is 0 Å². The topological polar surface area (TPSA) is 21.3 Å². The van der Waals surface area contributed by atoms with Crippen LogP contribution in [0.2, 0.25) is 0 Å². The summed E-state index contributed by atoms with van der Waals surface area (Å²) in [5.41, 5.74) is 5.49. The van der Waals surface area contributed by atoms with Crippen LogP contribution in [0.5, 0.6) is 0 Å². The molecule has 1 atom stereocenters. The number of aryl methyl sites for hydroxylation is 3. The molecule has 0 fully saturated rings. The van der Waals surface area contributed by atoms with Gasteiger partial charge in [-0.15, -0.1) is 0 Å². The van der Waals surface area contributed by atoms with E-state index in [1.165, 1.54) is 22.3 Å². The summed E-state index contributed by atoms with van der Waals surface area (Å²) >= 11 is 0. The number of ether oxygens (including phenoxy) is 1. The maximum absolute atomic E-state index is 5.33. The van der Waals surface area contributed by atoms with Gasteiger partial charge in [-0.25, -0.2) is 0 Å². The van der Waals surface area contributed by atoms with Crippen LogP contribution in [-0.2, 0) is 4.74 Å². The molecule has 2 heteroatoms. The zero-order valence-electron chi connectivity index (χ0n) is 11.8. The quantitative estimate of drug-likeness (QED) is 0.764. The minimum Gasteiger partial charge on any atom is -0.380 e. The molecule has 2 nitrogen and oxygen atoms in total. The molecule has 96 valence electrons. The maximum atomic E-state index is 5.33. The molecule has 0 heterocycles. The molecule has 0 aromatic heterocycles. The minimum absolute atomic E-state index is 0.384. The van der Waals surface area contributed by atoms with E-state index >= 15 is 0 Å². The average molecular weight is 235 g/mol. The molecule has 0 saturated carbocycles. The molecule has 0 bridgehead atoms. The van der Waals surface area contributed by atoms with Crippen LogP contribution in [-0.4, -0.2) is 19.8 Å². The SMILES string of the molecule is CCOCCNC(C)c1cc(C)c(C)cc1C. The predicted octanol–water partition coefficient (Wildman–Crippen LogP) is 3.30. The van der Waals surface area contributed by atoms with Gasteiger partial charge in [0.2, 0.25) is 0 Å². The van der Waals surface area contributed by atoms with E-state index in [-0.39, 0.29) is 0 Å². The second-order valence-electron chi connectivity index (χ2n) is 4.67. The summed E-state index contributed by atoms with van der Waals surface area (Å²) in [5, 5.41) is 3.50. The summed E-state index contributed by atoms with van der Waals surface area (Å²) in [4.78, 5) is 0. The van der Waals surface area contributed by atoms with Crippen molar-refractivity contribution >= 4 is 0 Å². The molecule has 17 heavy (non-hydrogen) atoms. The van der Waals surface area contributed by atoms with Crippen molar-refractivity contribution in [1.82, 2.24) is 5.32 Å². The molecular formula is C15H25NO. The Kier molecular flexibility index (Phi) is 5.66. The molecule has 0 aliphatic carbocycles. The normalized spacial score (nSPS) is 12.8. The van der Waals surface area contributed by atoms with E-state index in [1.54, 1.807) is 0 Å². The monoisotopic (exact) mass is 235 g/mol. The third-order valence-corrected chi connectivity index (χ3v) is 3.25. The molecule has 1 aromatic carbocycles. The molecule has 0 amide bonds. The van der Waals surface area contributed by atoms with Crippen molar-refractivity contribution in [2.24, 2.45) is 0 Å². The third-order valence-electron chi connectivity index (χ3n) is 3.25. The van der Waals surface area contributed by atoms with Gasteiger partial charge >= 0.3 is 0 Å². The van der Waals surface area contributed by atoms with Crippen molar-refractivity contribution in [3.8, 4) is 0 Å². The Bertz CT molecular complexity index is 360. The van der Waals surface area contributed by atoms with Gasteiger partial charge in [0, 0.05) is 19.2 Å². The first-order valence-electron chi connectivity index (χ1n) is 6.45. The van der Waals surface area contributed by atoms with Gasteiger partial charge in [-0.3, -0.25) is 0 Å². The summed E-state index contributed by atoms with van der Waals surface area (Å²) in [6.07, 6.45) is 0. The smallest absolute Gasteiger partial charge is 0.0590 e. The molecule has 1 aromatic rings. The van der Waals surface area contributed by atoms with E-state index in [0.717, 1.165) is 19.8 Å². The van der Waals surface area contributed by atoms with E-state index in [0.29, 0.717) is 6.04 Å². The Morgan fingerprint density at radius 2 is 1.76 bits per heavy atom. The highest BCUT2D eigenvalue weighted by Crippen LogP contribution is 2.21. The summed E-state index contributed by atoms with van der Waals surface area (Å²) in [6, 6.07) is 4.95. The van der Waals surface area contributed by atoms with Gasteiger partial charge in [0.25, 0.3) is 0 Å². The Balaban J connectivity index is 2.62. The Morgan fingerprint density at radius 1 is 1.12 bits per heavy atom. The van der Waals surface area contributed by atoms with E-state index in [2.05, 4.69) is 45.1 Å². The van der Waals surface area contributed by atoms with Crippen molar-refractivity contribution in [3.63, 3.8) is 0 Å². The lowest BCUT2D eigenvalue weighted by Crippen LogP contribution is -2.24. The zero-order valence-corrected chi connectivity index (χ0v) is 11.8. The van der Waals surface area contributed by atoms with Crippen LogP contribution in [0.4, 0.5) is 0 Å². The summed E-state index contributed by atoms with van der Waals surface area (Å²) in [5.74, 6) is 0. The Morgan fingerprint density at radius 3 is 2.41 bits per heavy atom. The third kappa shape index (κ3) is 4.14. The number of hydrogen-bond acceptors (Lipinski definition) is 2. The average Bonchev–Trinajstić information content (AvgIpc) is 2.29. The fourth-order valence-corrected chi connectivity index (χ4v) is 2.05. The maximum Gasteiger partial charge on any atom is 0.0590 e. The fourth-order valence-electron chi connectivity index (χ4n) is 2.05. The Hall–Kier alpha value is -0.860.